The van der Waals surface area contributed by atoms with Crippen molar-refractivity contribution in [2.75, 3.05) is 35.5 Å². The van der Waals surface area contributed by atoms with E-state index in [0.717, 1.165) is 112 Å². The van der Waals surface area contributed by atoms with Crippen LogP contribution in [0.3, 0.4) is 0 Å². The van der Waals surface area contributed by atoms with Gasteiger partial charge in [-0.2, -0.15) is 0 Å². The van der Waals surface area contributed by atoms with E-state index in [1.807, 2.05) is 225 Å². The standard InChI is InChI=1S/2C22H28N2O5.C22H28N2O4.C21H25BrN2O4/c2*1-28-19-14-12-17(13-15-19)16-29-20(10-6-3-7-11-21(25)24-27)22(26)23-18-8-4-2-5-9-18;1-17-12-14-18(15-13-17)16-28-20(10-6-3-7-11-21(25)24-27)22(26)23-19-8-4-2-5-9-19;22-17-13-11-16(12-14-17)15-28-19(9-5-2-6-10-20(25)24-27)21(26)23-18-7-3-1-4-8-18/h2*2,4-5,8-9,12-15,20,27H,3,6-7,10-11,16H2,1H3,(H,23,26)(H,24,25);2,4-5,8-9,12-15,20,27H,3,6-7,10-11,16H2,1H3,(H,23,26)(H,24,25);1,3-4,7-8,11-14,19,27H,2,5-6,9-10,15H2,(H,23,26)(H,24,25)/t2*20-;;/m10../s1. The molecule has 0 saturated carbocycles. The van der Waals surface area contributed by atoms with Crippen LogP contribution in [-0.4, -0.2) is 107 Å². The Morgan fingerprint density at radius 2 is 0.518 bits per heavy atom. The van der Waals surface area contributed by atoms with Crippen LogP contribution in [-0.2, 0) is 83.7 Å². The summed E-state index contributed by atoms with van der Waals surface area (Å²) in [5.41, 5.74) is 14.5. The van der Waals surface area contributed by atoms with Gasteiger partial charge in [0.25, 0.3) is 23.6 Å². The Kier molecular flexibility index (Phi) is 47.2. The summed E-state index contributed by atoms with van der Waals surface area (Å²) in [6.07, 6.45) is 9.42. The first-order valence-electron chi connectivity index (χ1n) is 38.1. The molecule has 0 aliphatic carbocycles. The Morgan fingerprint density at radius 3 is 0.737 bits per heavy atom. The molecule has 12 N–H and O–H groups in total. The van der Waals surface area contributed by atoms with Crippen LogP contribution in [0.1, 0.15) is 156 Å². The second kappa shape index (κ2) is 57.3. The number of methoxy groups -OCH3 is 2. The van der Waals surface area contributed by atoms with Crippen molar-refractivity contribution in [2.24, 2.45) is 0 Å². The lowest BCUT2D eigenvalue weighted by Crippen LogP contribution is -2.30. The van der Waals surface area contributed by atoms with E-state index >= 15 is 0 Å². The number of halogens is 1. The highest BCUT2D eigenvalue weighted by Gasteiger charge is 2.24. The van der Waals surface area contributed by atoms with Gasteiger partial charge in [0.15, 0.2) is 0 Å². The van der Waals surface area contributed by atoms with Crippen molar-refractivity contribution < 1.29 is 87.6 Å². The van der Waals surface area contributed by atoms with Gasteiger partial charge in [0.1, 0.15) is 35.9 Å². The van der Waals surface area contributed by atoms with Gasteiger partial charge in [-0.05, 0) is 165 Å². The number of carbonyl (C=O) groups excluding carboxylic acids is 8. The summed E-state index contributed by atoms with van der Waals surface area (Å²) in [5, 5.41) is 45.6. The highest BCUT2D eigenvalue weighted by atomic mass is 79.9. The predicted molar refractivity (Wildman–Crippen MR) is 438 cm³/mol. The molecule has 2 unspecified atom stereocenters. The molecule has 114 heavy (non-hydrogen) atoms. The van der Waals surface area contributed by atoms with E-state index < -0.39 is 48.0 Å². The number of anilines is 4. The van der Waals surface area contributed by atoms with Crippen molar-refractivity contribution in [1.29, 1.82) is 0 Å². The number of benzene rings is 8. The molecular weight excluding hydrogens is 1520 g/mol. The SMILES string of the molecule is COc1ccc(CO[C@@H](CCCCCC(=O)NO)C(=O)Nc2ccccc2)cc1.COc1ccc(CO[C@H](CCCCCC(=O)NO)C(=O)Nc2ccccc2)cc1.Cc1ccc(COC(CCCCCC(=O)NO)C(=O)Nc2ccccc2)cc1.O=C(CCCCCC(OCc1ccc(Br)cc1)C(=O)Nc1ccccc1)NO. The summed E-state index contributed by atoms with van der Waals surface area (Å²) in [7, 11) is 3.22. The van der Waals surface area contributed by atoms with Crippen molar-refractivity contribution in [1.82, 2.24) is 21.9 Å². The molecule has 0 aliphatic heterocycles. The maximum Gasteiger partial charge on any atom is 0.253 e. The molecule has 0 aromatic heterocycles. The Bertz CT molecular complexity index is 3750. The quantitative estimate of drug-likeness (QED) is 0.00958. The highest BCUT2D eigenvalue weighted by Crippen LogP contribution is 2.23. The number of hydroxylamine groups is 4. The fraction of sp³-hybridized carbons (Fsp3) is 0.356. The molecule has 0 bridgehead atoms. The van der Waals surface area contributed by atoms with Crippen LogP contribution in [0.4, 0.5) is 22.7 Å². The van der Waals surface area contributed by atoms with Gasteiger partial charge >= 0.3 is 0 Å². The molecule has 0 heterocycles. The average molecular weight is 1630 g/mol. The van der Waals surface area contributed by atoms with Crippen molar-refractivity contribution >= 4 is 85.9 Å². The number of nitrogens with one attached hydrogen (secondary N) is 8. The van der Waals surface area contributed by atoms with Crippen molar-refractivity contribution in [3.8, 4) is 11.5 Å². The Morgan fingerprint density at radius 1 is 0.298 bits per heavy atom. The van der Waals surface area contributed by atoms with E-state index in [2.05, 4.69) is 37.2 Å². The van der Waals surface area contributed by atoms with Gasteiger partial charge in [-0.3, -0.25) is 59.2 Å². The summed E-state index contributed by atoms with van der Waals surface area (Å²) in [4.78, 5) is 95.0. The zero-order valence-corrected chi connectivity index (χ0v) is 66.5. The largest absolute Gasteiger partial charge is 0.497 e. The van der Waals surface area contributed by atoms with Crippen molar-refractivity contribution in [2.45, 2.75) is 186 Å². The fourth-order valence-corrected chi connectivity index (χ4v) is 11.3. The number of unbranched alkanes of at least 4 members (excludes halogenated alkanes) is 8. The topological polar surface area (TPSA) is 369 Å². The van der Waals surface area contributed by atoms with E-state index in [1.165, 1.54) is 5.56 Å². The van der Waals surface area contributed by atoms with Gasteiger partial charge in [-0.15, -0.1) is 0 Å². The molecule has 0 fully saturated rings. The van der Waals surface area contributed by atoms with Crippen molar-refractivity contribution in [3.63, 3.8) is 0 Å². The Hall–Kier alpha value is -10.7. The van der Waals surface area contributed by atoms with Gasteiger partial charge in [0, 0.05) is 52.9 Å². The Labute approximate surface area is 675 Å². The molecule has 0 radical (unpaired) electrons. The Balaban J connectivity index is 0.000000271. The minimum Gasteiger partial charge on any atom is -0.497 e. The number of para-hydroxylation sites is 4. The summed E-state index contributed by atoms with van der Waals surface area (Å²) in [6, 6.07) is 67.9. The number of carbonyl (C=O) groups is 8. The van der Waals surface area contributed by atoms with Crippen LogP contribution in [0.25, 0.3) is 0 Å². The highest BCUT2D eigenvalue weighted by molar-refractivity contribution is 9.10. The second-order valence-corrected chi connectivity index (χ2v) is 27.4. The maximum atomic E-state index is 12.7. The number of hydrogen-bond acceptors (Lipinski definition) is 18. The normalized spacial score (nSPS) is 11.6. The molecule has 26 nitrogen and oxygen atoms in total. The zero-order chi connectivity index (χ0) is 82.2. The average Bonchev–Trinajstić information content (AvgIpc) is 0.898. The molecule has 4 atom stereocenters. The van der Waals surface area contributed by atoms with E-state index in [0.29, 0.717) is 77.8 Å². The number of rotatable bonds is 46. The molecule has 27 heteroatoms. The first kappa shape index (κ1) is 93.9. The third kappa shape index (κ3) is 41.2. The number of ether oxygens (including phenoxy) is 6. The maximum absolute atomic E-state index is 12.7. The van der Waals surface area contributed by atoms with E-state index in [-0.39, 0.29) is 49.3 Å². The van der Waals surface area contributed by atoms with Crippen LogP contribution < -0.4 is 52.7 Å². The number of hydrogen-bond donors (Lipinski definition) is 12. The first-order chi connectivity index (χ1) is 55.4. The lowest BCUT2D eigenvalue weighted by molar-refractivity contribution is -0.130. The molecule has 8 aromatic carbocycles. The molecule has 8 rings (SSSR count). The number of aryl methyl sites for hydroxylation is 1. The minimum absolute atomic E-state index is 0.175. The predicted octanol–water partition coefficient (Wildman–Crippen LogP) is 15.8. The molecule has 8 aromatic rings. The van der Waals surface area contributed by atoms with Crippen LogP contribution in [0, 0.1) is 6.92 Å². The van der Waals surface area contributed by atoms with Gasteiger partial charge in [-0.1, -0.05) is 206 Å². The van der Waals surface area contributed by atoms with Gasteiger partial charge in [-0.25, -0.2) is 21.9 Å². The molecule has 612 valence electrons. The fourth-order valence-electron chi connectivity index (χ4n) is 11.0. The second-order valence-electron chi connectivity index (χ2n) is 26.5. The minimum atomic E-state index is -0.607. The van der Waals surface area contributed by atoms with Crippen LogP contribution in [0.2, 0.25) is 0 Å². The van der Waals surface area contributed by atoms with Crippen LogP contribution in [0.5, 0.6) is 11.5 Å². The smallest absolute Gasteiger partial charge is 0.253 e. The lowest BCUT2D eigenvalue weighted by atomic mass is 10.1. The van der Waals surface area contributed by atoms with Crippen LogP contribution in [0.15, 0.2) is 223 Å². The molecule has 0 saturated heterocycles. The van der Waals surface area contributed by atoms with Crippen LogP contribution >= 0.6 is 15.9 Å². The summed E-state index contributed by atoms with van der Waals surface area (Å²) < 4.78 is 34.9. The molecule has 0 spiro atoms. The molecular formula is C87H109BrN8O18. The lowest BCUT2D eigenvalue weighted by Gasteiger charge is -2.18. The number of amides is 8. The van der Waals surface area contributed by atoms with Gasteiger partial charge < -0.3 is 49.7 Å². The third-order valence-corrected chi connectivity index (χ3v) is 18.0. The summed E-state index contributed by atoms with van der Waals surface area (Å²) >= 11 is 3.40. The summed E-state index contributed by atoms with van der Waals surface area (Å²) in [6.45, 7) is 3.35. The van der Waals surface area contributed by atoms with Gasteiger partial charge in [0.2, 0.25) is 23.6 Å². The monoisotopic (exact) mass is 1630 g/mol. The van der Waals surface area contributed by atoms with E-state index in [1.54, 1.807) is 36.1 Å². The zero-order valence-electron chi connectivity index (χ0n) is 64.9. The molecule has 0 aliphatic rings. The van der Waals surface area contributed by atoms with Crippen molar-refractivity contribution in [3.05, 3.63) is 251 Å². The van der Waals surface area contributed by atoms with E-state index in [4.69, 9.17) is 49.3 Å². The van der Waals surface area contributed by atoms with Gasteiger partial charge in [0.05, 0.1) is 40.6 Å². The van der Waals surface area contributed by atoms with E-state index in [9.17, 15) is 38.4 Å². The first-order valence-corrected chi connectivity index (χ1v) is 38.9. The third-order valence-electron chi connectivity index (χ3n) is 17.5. The molecule has 8 amide bonds. The summed E-state index contributed by atoms with van der Waals surface area (Å²) in [5.74, 6) is -0.825.